The van der Waals surface area contributed by atoms with Crippen LogP contribution < -0.4 is 11.1 Å². The third kappa shape index (κ3) is 2.69. The Bertz CT molecular complexity index is 554. The highest BCUT2D eigenvalue weighted by molar-refractivity contribution is 6.02. The largest absolute Gasteiger partial charge is 0.335 e. The van der Waals surface area contributed by atoms with E-state index in [4.69, 9.17) is 5.73 Å². The van der Waals surface area contributed by atoms with E-state index in [1.165, 1.54) is 18.6 Å². The Balaban J connectivity index is 2.10. The number of rotatable bonds is 4. The van der Waals surface area contributed by atoms with Gasteiger partial charge in [-0.3, -0.25) is 9.78 Å². The normalized spacial score (nSPS) is 10.3. The van der Waals surface area contributed by atoms with Gasteiger partial charge < -0.3 is 15.6 Å². The van der Waals surface area contributed by atoms with Gasteiger partial charge in [0.05, 0.1) is 18.2 Å². The highest BCUT2D eigenvalue weighted by Crippen LogP contribution is 2.12. The molecule has 0 saturated carbocycles. The molecule has 94 valence electrons. The van der Waals surface area contributed by atoms with Gasteiger partial charge in [-0.2, -0.15) is 0 Å². The third-order valence-electron chi connectivity index (χ3n) is 2.27. The summed E-state index contributed by atoms with van der Waals surface area (Å²) in [5.41, 5.74) is 5.66. The molecule has 1 amide bonds. The van der Waals surface area contributed by atoms with Gasteiger partial charge in [0.1, 0.15) is 5.69 Å². The number of carbonyl (C=O) groups is 1. The fourth-order valence-corrected chi connectivity index (χ4v) is 1.41. The SMILES string of the molecule is NCCn1cnc(C(=O)Nc2ccncc2F)c1. The van der Waals surface area contributed by atoms with Crippen LogP contribution in [0.3, 0.4) is 0 Å². The summed E-state index contributed by atoms with van der Waals surface area (Å²) >= 11 is 0. The van der Waals surface area contributed by atoms with Crippen LogP contribution in [-0.4, -0.2) is 27.0 Å². The van der Waals surface area contributed by atoms with Crippen molar-refractivity contribution < 1.29 is 9.18 Å². The van der Waals surface area contributed by atoms with E-state index in [0.717, 1.165) is 6.20 Å². The van der Waals surface area contributed by atoms with Gasteiger partial charge in [-0.25, -0.2) is 9.37 Å². The molecule has 2 aromatic rings. The first-order valence-corrected chi connectivity index (χ1v) is 5.33. The van der Waals surface area contributed by atoms with Crippen LogP contribution in [0.1, 0.15) is 10.5 Å². The molecule has 0 aliphatic heterocycles. The summed E-state index contributed by atoms with van der Waals surface area (Å²) in [6, 6.07) is 1.38. The van der Waals surface area contributed by atoms with Crippen LogP contribution in [0.4, 0.5) is 10.1 Å². The summed E-state index contributed by atoms with van der Waals surface area (Å²) < 4.78 is 15.0. The number of amides is 1. The monoisotopic (exact) mass is 249 g/mol. The first-order valence-electron chi connectivity index (χ1n) is 5.33. The lowest BCUT2D eigenvalue weighted by molar-refractivity contribution is 0.102. The van der Waals surface area contributed by atoms with E-state index in [1.54, 1.807) is 10.8 Å². The summed E-state index contributed by atoms with van der Waals surface area (Å²) in [6.07, 6.45) is 5.49. The number of nitrogens with two attached hydrogens (primary N) is 1. The van der Waals surface area contributed by atoms with E-state index in [-0.39, 0.29) is 11.4 Å². The molecule has 2 rings (SSSR count). The fourth-order valence-electron chi connectivity index (χ4n) is 1.41. The average molecular weight is 249 g/mol. The minimum absolute atomic E-state index is 0.0726. The molecule has 0 bridgehead atoms. The maximum Gasteiger partial charge on any atom is 0.275 e. The smallest absolute Gasteiger partial charge is 0.275 e. The number of aromatic nitrogens is 3. The topological polar surface area (TPSA) is 85.8 Å². The van der Waals surface area contributed by atoms with Gasteiger partial charge in [-0.05, 0) is 6.07 Å². The van der Waals surface area contributed by atoms with Crippen molar-refractivity contribution in [1.29, 1.82) is 0 Å². The highest BCUT2D eigenvalue weighted by Gasteiger charge is 2.11. The number of anilines is 1. The number of pyridine rings is 1. The number of hydrogen-bond acceptors (Lipinski definition) is 4. The van der Waals surface area contributed by atoms with Gasteiger partial charge in [0.25, 0.3) is 5.91 Å². The summed E-state index contributed by atoms with van der Waals surface area (Å²) in [7, 11) is 0. The van der Waals surface area contributed by atoms with Crippen molar-refractivity contribution in [3.63, 3.8) is 0 Å². The molecule has 0 saturated heterocycles. The Hall–Kier alpha value is -2.28. The van der Waals surface area contributed by atoms with Gasteiger partial charge in [0.15, 0.2) is 5.82 Å². The molecule has 0 spiro atoms. The minimum Gasteiger partial charge on any atom is -0.335 e. The van der Waals surface area contributed by atoms with Crippen molar-refractivity contribution in [3.8, 4) is 0 Å². The Morgan fingerprint density at radius 2 is 2.39 bits per heavy atom. The van der Waals surface area contributed by atoms with Gasteiger partial charge in [0.2, 0.25) is 0 Å². The van der Waals surface area contributed by atoms with Gasteiger partial charge in [-0.15, -0.1) is 0 Å². The second-order valence-corrected chi connectivity index (χ2v) is 3.60. The highest BCUT2D eigenvalue weighted by atomic mass is 19.1. The van der Waals surface area contributed by atoms with Gasteiger partial charge in [0, 0.05) is 25.5 Å². The van der Waals surface area contributed by atoms with Crippen LogP contribution in [0.15, 0.2) is 31.0 Å². The molecule has 2 aromatic heterocycles. The predicted molar refractivity (Wildman–Crippen MR) is 63.4 cm³/mol. The first-order chi connectivity index (χ1) is 8.70. The molecule has 0 aliphatic carbocycles. The Morgan fingerprint density at radius 3 is 3.11 bits per heavy atom. The molecular formula is C11H12FN5O. The lowest BCUT2D eigenvalue weighted by atomic mass is 10.3. The molecule has 0 atom stereocenters. The zero-order valence-electron chi connectivity index (χ0n) is 9.51. The molecule has 0 aliphatic rings. The molecule has 6 nitrogen and oxygen atoms in total. The number of hydrogen-bond donors (Lipinski definition) is 2. The van der Waals surface area contributed by atoms with Gasteiger partial charge >= 0.3 is 0 Å². The number of nitrogens with zero attached hydrogens (tertiary/aromatic N) is 3. The molecule has 7 heteroatoms. The van der Waals surface area contributed by atoms with Crippen LogP contribution in [0.2, 0.25) is 0 Å². The lowest BCUT2D eigenvalue weighted by Crippen LogP contribution is -2.14. The van der Waals surface area contributed by atoms with Crippen LogP contribution in [-0.2, 0) is 6.54 Å². The molecular weight excluding hydrogens is 237 g/mol. The van der Waals surface area contributed by atoms with Crippen molar-refractivity contribution in [1.82, 2.24) is 14.5 Å². The standard InChI is InChI=1S/C11H12FN5O/c12-8-5-14-3-1-9(8)16-11(18)10-6-17(4-2-13)7-15-10/h1,3,5-7H,2,4,13H2,(H,14,16,18). The van der Waals surface area contributed by atoms with E-state index in [0.29, 0.717) is 13.1 Å². The number of nitrogens with one attached hydrogen (secondary N) is 1. The van der Waals surface area contributed by atoms with E-state index in [9.17, 15) is 9.18 Å². The third-order valence-corrected chi connectivity index (χ3v) is 2.27. The van der Waals surface area contributed by atoms with Crippen molar-refractivity contribution in [2.24, 2.45) is 5.73 Å². The average Bonchev–Trinajstić information content (AvgIpc) is 2.81. The first kappa shape index (κ1) is 12.2. The molecule has 0 unspecified atom stereocenters. The number of carbonyl (C=O) groups excluding carboxylic acids is 1. The van der Waals surface area contributed by atoms with Crippen molar-refractivity contribution >= 4 is 11.6 Å². The van der Waals surface area contributed by atoms with E-state index in [2.05, 4.69) is 15.3 Å². The summed E-state index contributed by atoms with van der Waals surface area (Å²) in [5, 5.41) is 2.42. The molecule has 0 radical (unpaired) electrons. The Morgan fingerprint density at radius 1 is 1.56 bits per heavy atom. The predicted octanol–water partition coefficient (Wildman–Crippen LogP) is 0.628. The second-order valence-electron chi connectivity index (χ2n) is 3.60. The van der Waals surface area contributed by atoms with Crippen LogP contribution in [0.5, 0.6) is 0 Å². The van der Waals surface area contributed by atoms with E-state index < -0.39 is 11.7 Å². The molecule has 0 fully saturated rings. The Kier molecular flexibility index (Phi) is 3.63. The van der Waals surface area contributed by atoms with Crippen molar-refractivity contribution in [2.45, 2.75) is 6.54 Å². The zero-order chi connectivity index (χ0) is 13.0. The van der Waals surface area contributed by atoms with Crippen LogP contribution in [0.25, 0.3) is 0 Å². The summed E-state index contributed by atoms with van der Waals surface area (Å²) in [6.45, 7) is 1.03. The van der Waals surface area contributed by atoms with Crippen molar-refractivity contribution in [2.75, 3.05) is 11.9 Å². The maximum atomic E-state index is 13.3. The number of imidazole rings is 1. The quantitative estimate of drug-likeness (QED) is 0.832. The molecule has 2 heterocycles. The molecule has 18 heavy (non-hydrogen) atoms. The lowest BCUT2D eigenvalue weighted by Gasteiger charge is -2.03. The zero-order valence-corrected chi connectivity index (χ0v) is 9.51. The summed E-state index contributed by atoms with van der Waals surface area (Å²) in [4.78, 5) is 19.3. The summed E-state index contributed by atoms with van der Waals surface area (Å²) in [5.74, 6) is -1.07. The minimum atomic E-state index is -0.591. The molecule has 0 aromatic carbocycles. The van der Waals surface area contributed by atoms with Crippen LogP contribution >= 0.6 is 0 Å². The maximum absolute atomic E-state index is 13.3. The second kappa shape index (κ2) is 5.37. The van der Waals surface area contributed by atoms with E-state index >= 15 is 0 Å². The van der Waals surface area contributed by atoms with E-state index in [1.807, 2.05) is 0 Å². The number of halogens is 1. The Labute approximate surface area is 103 Å². The molecule has 3 N–H and O–H groups in total. The fraction of sp³-hybridized carbons (Fsp3) is 0.182. The van der Waals surface area contributed by atoms with Gasteiger partial charge in [-0.1, -0.05) is 0 Å². The van der Waals surface area contributed by atoms with Crippen LogP contribution in [0, 0.1) is 5.82 Å². The van der Waals surface area contributed by atoms with Crippen molar-refractivity contribution in [3.05, 3.63) is 42.5 Å².